The number of rotatable bonds is 5. The highest BCUT2D eigenvalue weighted by Crippen LogP contribution is 2.38. The van der Waals surface area contributed by atoms with Crippen LogP contribution in [0.5, 0.6) is 0 Å². The number of amides is 1. The highest BCUT2D eigenvalue weighted by atomic mass is 16.2. The summed E-state index contributed by atoms with van der Waals surface area (Å²) >= 11 is 0. The third-order valence-electron chi connectivity index (χ3n) is 5.65. The van der Waals surface area contributed by atoms with Gasteiger partial charge in [-0.05, 0) is 43.9 Å². The lowest BCUT2D eigenvalue weighted by molar-refractivity contribution is -0.139. The van der Waals surface area contributed by atoms with Crippen molar-refractivity contribution < 1.29 is 4.79 Å². The average molecular weight is 340 g/mol. The summed E-state index contributed by atoms with van der Waals surface area (Å²) in [7, 11) is 2.12. The maximum absolute atomic E-state index is 13.0. The van der Waals surface area contributed by atoms with Gasteiger partial charge in [0.25, 0.3) is 0 Å². The normalized spacial score (nSPS) is 22.8. The van der Waals surface area contributed by atoms with E-state index in [4.69, 9.17) is 0 Å². The van der Waals surface area contributed by atoms with E-state index in [0.717, 1.165) is 64.7 Å². The Hall–Kier alpha value is -1.93. The molecule has 5 heteroatoms. The minimum Gasteiger partial charge on any atom is -0.341 e. The van der Waals surface area contributed by atoms with E-state index in [2.05, 4.69) is 29.1 Å². The first-order valence-electron chi connectivity index (χ1n) is 9.41. The van der Waals surface area contributed by atoms with E-state index in [9.17, 15) is 10.1 Å². The highest BCUT2D eigenvalue weighted by Gasteiger charge is 2.44. The summed E-state index contributed by atoms with van der Waals surface area (Å²) in [6.07, 6.45) is 9.37. The van der Waals surface area contributed by atoms with Crippen LogP contribution in [0.15, 0.2) is 24.5 Å². The SMILES string of the molecule is CN(Cc1cccnc1)CC1CCN(C(=O)C2(C#N)CCCCC2)C1. The Kier molecular flexibility index (Phi) is 5.70. The predicted octanol–water partition coefficient (Wildman–Crippen LogP) is 2.84. The lowest BCUT2D eigenvalue weighted by Gasteiger charge is -2.33. The number of carbonyl (C=O) groups excluding carboxylic acids is 1. The fourth-order valence-electron chi connectivity index (χ4n) is 4.31. The van der Waals surface area contributed by atoms with Gasteiger partial charge in [-0.15, -0.1) is 0 Å². The maximum atomic E-state index is 13.0. The van der Waals surface area contributed by atoms with Gasteiger partial charge in [-0.1, -0.05) is 25.3 Å². The molecule has 1 aromatic heterocycles. The Bertz CT molecular complexity index is 618. The molecule has 2 heterocycles. The summed E-state index contributed by atoms with van der Waals surface area (Å²) in [4.78, 5) is 21.4. The van der Waals surface area contributed by atoms with Gasteiger partial charge in [0.2, 0.25) is 5.91 Å². The molecule has 0 N–H and O–H groups in total. The Morgan fingerprint density at radius 3 is 2.92 bits per heavy atom. The van der Waals surface area contributed by atoms with Gasteiger partial charge in [0.15, 0.2) is 0 Å². The van der Waals surface area contributed by atoms with Gasteiger partial charge >= 0.3 is 0 Å². The molecule has 25 heavy (non-hydrogen) atoms. The van der Waals surface area contributed by atoms with Crippen molar-refractivity contribution in [2.45, 2.75) is 45.1 Å². The lowest BCUT2D eigenvalue weighted by Crippen LogP contribution is -2.43. The first-order chi connectivity index (χ1) is 12.1. The molecule has 1 atom stereocenters. The van der Waals surface area contributed by atoms with Crippen LogP contribution in [0.25, 0.3) is 0 Å². The molecule has 0 radical (unpaired) electrons. The molecule has 1 aliphatic heterocycles. The van der Waals surface area contributed by atoms with Crippen molar-refractivity contribution in [2.75, 3.05) is 26.7 Å². The van der Waals surface area contributed by atoms with Crippen LogP contribution < -0.4 is 0 Å². The zero-order chi connectivity index (χ0) is 17.7. The fraction of sp³-hybridized carbons (Fsp3) is 0.650. The number of carbonyl (C=O) groups is 1. The number of aromatic nitrogens is 1. The van der Waals surface area contributed by atoms with Crippen LogP contribution in [0, 0.1) is 22.7 Å². The van der Waals surface area contributed by atoms with E-state index in [1.165, 1.54) is 5.56 Å². The van der Waals surface area contributed by atoms with Crippen molar-refractivity contribution >= 4 is 5.91 Å². The van der Waals surface area contributed by atoms with Crippen LogP contribution in [0.4, 0.5) is 0 Å². The number of nitrogens with zero attached hydrogens (tertiary/aromatic N) is 4. The predicted molar refractivity (Wildman–Crippen MR) is 96.4 cm³/mol. The first-order valence-corrected chi connectivity index (χ1v) is 9.41. The van der Waals surface area contributed by atoms with Crippen LogP contribution in [-0.4, -0.2) is 47.4 Å². The zero-order valence-corrected chi connectivity index (χ0v) is 15.2. The van der Waals surface area contributed by atoms with E-state index in [0.29, 0.717) is 5.92 Å². The van der Waals surface area contributed by atoms with Crippen LogP contribution in [0.1, 0.15) is 44.1 Å². The van der Waals surface area contributed by atoms with Crippen molar-refractivity contribution in [2.24, 2.45) is 11.3 Å². The lowest BCUT2D eigenvalue weighted by atomic mass is 9.74. The molecule has 134 valence electrons. The minimum atomic E-state index is -0.741. The van der Waals surface area contributed by atoms with Crippen molar-refractivity contribution in [1.82, 2.24) is 14.8 Å². The highest BCUT2D eigenvalue weighted by molar-refractivity contribution is 5.85. The van der Waals surface area contributed by atoms with Crippen molar-refractivity contribution in [3.8, 4) is 6.07 Å². The molecule has 1 unspecified atom stereocenters. The maximum Gasteiger partial charge on any atom is 0.243 e. The molecular formula is C20H28N4O. The van der Waals surface area contributed by atoms with Gasteiger partial charge in [-0.25, -0.2) is 0 Å². The van der Waals surface area contributed by atoms with E-state index in [1.54, 1.807) is 6.20 Å². The fourth-order valence-corrected chi connectivity index (χ4v) is 4.31. The van der Waals surface area contributed by atoms with Gasteiger partial charge in [-0.2, -0.15) is 5.26 Å². The van der Waals surface area contributed by atoms with Crippen molar-refractivity contribution in [3.05, 3.63) is 30.1 Å². The third-order valence-corrected chi connectivity index (χ3v) is 5.65. The summed E-state index contributed by atoms with van der Waals surface area (Å²) in [5, 5.41) is 9.64. The molecule has 1 saturated heterocycles. The Balaban J connectivity index is 1.53. The zero-order valence-electron chi connectivity index (χ0n) is 15.2. The van der Waals surface area contributed by atoms with Crippen LogP contribution in [0.3, 0.4) is 0 Å². The summed E-state index contributed by atoms with van der Waals surface area (Å²) in [5.41, 5.74) is 0.468. The monoisotopic (exact) mass is 340 g/mol. The minimum absolute atomic E-state index is 0.0899. The summed E-state index contributed by atoms with van der Waals surface area (Å²) in [6.45, 7) is 3.44. The number of hydrogen-bond donors (Lipinski definition) is 0. The molecule has 1 amide bonds. The Morgan fingerprint density at radius 1 is 1.44 bits per heavy atom. The van der Waals surface area contributed by atoms with Gasteiger partial charge in [0.05, 0.1) is 6.07 Å². The van der Waals surface area contributed by atoms with Gasteiger partial charge in [-0.3, -0.25) is 9.78 Å². The number of hydrogen-bond acceptors (Lipinski definition) is 4. The molecule has 1 aromatic rings. The molecule has 0 spiro atoms. The Morgan fingerprint density at radius 2 is 2.24 bits per heavy atom. The number of nitriles is 1. The average Bonchev–Trinajstić information content (AvgIpc) is 3.10. The van der Waals surface area contributed by atoms with Crippen LogP contribution >= 0.6 is 0 Å². The van der Waals surface area contributed by atoms with E-state index in [1.807, 2.05) is 17.2 Å². The second-order valence-electron chi connectivity index (χ2n) is 7.72. The van der Waals surface area contributed by atoms with Gasteiger partial charge in [0, 0.05) is 38.6 Å². The number of pyridine rings is 1. The van der Waals surface area contributed by atoms with Crippen LogP contribution in [-0.2, 0) is 11.3 Å². The molecule has 1 aliphatic carbocycles. The van der Waals surface area contributed by atoms with Gasteiger partial charge in [0.1, 0.15) is 5.41 Å². The molecular weight excluding hydrogens is 312 g/mol. The smallest absolute Gasteiger partial charge is 0.243 e. The second-order valence-corrected chi connectivity index (χ2v) is 7.72. The van der Waals surface area contributed by atoms with E-state index in [-0.39, 0.29) is 5.91 Å². The standard InChI is InChI=1S/C20H28N4O/c1-23(13-17-6-5-10-22-12-17)14-18-7-11-24(15-18)19(25)20(16-21)8-3-2-4-9-20/h5-6,10,12,18H,2-4,7-9,11,13-15H2,1H3. The summed E-state index contributed by atoms with van der Waals surface area (Å²) < 4.78 is 0. The van der Waals surface area contributed by atoms with E-state index < -0.39 is 5.41 Å². The molecule has 1 saturated carbocycles. The second kappa shape index (κ2) is 7.97. The number of likely N-dealkylation sites (tertiary alicyclic amines) is 1. The van der Waals surface area contributed by atoms with Crippen molar-refractivity contribution in [3.63, 3.8) is 0 Å². The molecule has 2 aliphatic rings. The molecule has 0 aromatic carbocycles. The van der Waals surface area contributed by atoms with E-state index >= 15 is 0 Å². The quantitative estimate of drug-likeness (QED) is 0.827. The topological polar surface area (TPSA) is 60.2 Å². The molecule has 3 rings (SSSR count). The summed E-state index contributed by atoms with van der Waals surface area (Å²) in [6, 6.07) is 6.43. The summed E-state index contributed by atoms with van der Waals surface area (Å²) in [5.74, 6) is 0.581. The van der Waals surface area contributed by atoms with Gasteiger partial charge < -0.3 is 9.80 Å². The molecule has 0 bridgehead atoms. The third kappa shape index (κ3) is 4.19. The largest absolute Gasteiger partial charge is 0.341 e. The molecule has 2 fully saturated rings. The van der Waals surface area contributed by atoms with Crippen molar-refractivity contribution in [1.29, 1.82) is 5.26 Å². The molecule has 5 nitrogen and oxygen atoms in total. The Labute approximate surface area is 150 Å². The van der Waals surface area contributed by atoms with Crippen LogP contribution in [0.2, 0.25) is 0 Å². The first kappa shape index (κ1) is 17.9.